The monoisotopic (exact) mass is 285 g/mol. The third-order valence-corrected chi connectivity index (χ3v) is 3.09. The van der Waals surface area contributed by atoms with Crippen LogP contribution in [0.5, 0.6) is 0 Å². The van der Waals surface area contributed by atoms with Crippen molar-refractivity contribution in [1.82, 2.24) is 15.2 Å². The highest BCUT2D eigenvalue weighted by molar-refractivity contribution is 9.10. The molecule has 3 rings (SSSR count). The highest BCUT2D eigenvalue weighted by Gasteiger charge is 2.04. The van der Waals surface area contributed by atoms with Gasteiger partial charge in [0.05, 0.1) is 17.9 Å². The molecule has 0 aliphatic rings. The van der Waals surface area contributed by atoms with Gasteiger partial charge in [0.25, 0.3) is 0 Å². The fourth-order valence-corrected chi connectivity index (χ4v) is 2.18. The van der Waals surface area contributed by atoms with Crippen LogP contribution in [-0.4, -0.2) is 15.2 Å². The Kier molecular flexibility index (Phi) is 2.57. The molecule has 2 heterocycles. The van der Waals surface area contributed by atoms with E-state index in [9.17, 15) is 0 Å². The molecule has 82 valence electrons. The number of rotatable bonds is 1. The van der Waals surface area contributed by atoms with E-state index in [-0.39, 0.29) is 0 Å². The fraction of sp³-hybridized carbons (Fsp3) is 0. The van der Waals surface area contributed by atoms with Gasteiger partial charge < -0.3 is 0 Å². The molecule has 0 fully saturated rings. The van der Waals surface area contributed by atoms with E-state index in [1.807, 2.05) is 30.5 Å². The second-order valence-corrected chi connectivity index (χ2v) is 4.57. The predicted octanol–water partition coefficient (Wildman–Crippen LogP) is 3.45. The van der Waals surface area contributed by atoms with Crippen LogP contribution in [0.15, 0.2) is 53.4 Å². The fourth-order valence-electron chi connectivity index (χ4n) is 1.82. The molecule has 3 aromatic rings. The zero-order valence-electron chi connectivity index (χ0n) is 8.84. The van der Waals surface area contributed by atoms with Crippen LogP contribution >= 0.6 is 15.9 Å². The van der Waals surface area contributed by atoms with Crippen molar-refractivity contribution in [2.75, 3.05) is 0 Å². The molecule has 0 bridgehead atoms. The first kappa shape index (κ1) is 10.4. The van der Waals surface area contributed by atoms with Gasteiger partial charge >= 0.3 is 0 Å². The number of fused-ring (bicyclic) bond motifs is 1. The van der Waals surface area contributed by atoms with Gasteiger partial charge in [0, 0.05) is 21.6 Å². The van der Waals surface area contributed by atoms with Crippen LogP contribution in [0.25, 0.3) is 22.0 Å². The Bertz CT molecular complexity index is 668. The molecule has 1 aromatic carbocycles. The number of aromatic nitrogens is 3. The first-order valence-corrected chi connectivity index (χ1v) is 5.95. The molecule has 3 nitrogen and oxygen atoms in total. The maximum atomic E-state index is 4.35. The summed E-state index contributed by atoms with van der Waals surface area (Å²) in [5.74, 6) is 0. The van der Waals surface area contributed by atoms with Crippen LogP contribution in [0.2, 0.25) is 0 Å². The van der Waals surface area contributed by atoms with Crippen molar-refractivity contribution in [2.24, 2.45) is 0 Å². The van der Waals surface area contributed by atoms with E-state index in [0.29, 0.717) is 0 Å². The lowest BCUT2D eigenvalue weighted by molar-refractivity contribution is 1.03. The van der Waals surface area contributed by atoms with Gasteiger partial charge in [-0.3, -0.25) is 4.98 Å². The second-order valence-electron chi connectivity index (χ2n) is 3.65. The van der Waals surface area contributed by atoms with Crippen LogP contribution in [0.1, 0.15) is 0 Å². The summed E-state index contributed by atoms with van der Waals surface area (Å²) >= 11 is 3.48. The van der Waals surface area contributed by atoms with Crippen LogP contribution in [0.4, 0.5) is 0 Å². The highest BCUT2D eigenvalue weighted by Crippen LogP contribution is 2.28. The molecule has 0 radical (unpaired) electrons. The highest BCUT2D eigenvalue weighted by atomic mass is 79.9. The minimum atomic E-state index is 0.975. The van der Waals surface area contributed by atoms with Crippen molar-refractivity contribution in [1.29, 1.82) is 0 Å². The number of hydrogen-bond acceptors (Lipinski definition) is 3. The van der Waals surface area contributed by atoms with Gasteiger partial charge in [-0.25, -0.2) is 0 Å². The van der Waals surface area contributed by atoms with Crippen LogP contribution < -0.4 is 0 Å². The predicted molar refractivity (Wildman–Crippen MR) is 70.5 cm³/mol. The Labute approximate surface area is 107 Å². The summed E-state index contributed by atoms with van der Waals surface area (Å²) in [4.78, 5) is 4.35. The topological polar surface area (TPSA) is 38.7 Å². The maximum Gasteiger partial charge on any atom is 0.0708 e. The molecule has 0 saturated heterocycles. The van der Waals surface area contributed by atoms with Crippen LogP contribution in [0, 0.1) is 0 Å². The zero-order valence-corrected chi connectivity index (χ0v) is 10.4. The Morgan fingerprint density at radius 3 is 2.71 bits per heavy atom. The average Bonchev–Trinajstić information content (AvgIpc) is 2.39. The summed E-state index contributed by atoms with van der Waals surface area (Å²) in [6, 6.07) is 9.99. The number of halogens is 1. The minimum absolute atomic E-state index is 0.975. The van der Waals surface area contributed by atoms with Gasteiger partial charge in [0.2, 0.25) is 0 Å². The molecule has 0 N–H and O–H groups in total. The molecule has 17 heavy (non-hydrogen) atoms. The van der Waals surface area contributed by atoms with Gasteiger partial charge in [0.1, 0.15) is 0 Å². The number of pyridine rings is 1. The van der Waals surface area contributed by atoms with E-state index in [4.69, 9.17) is 0 Å². The largest absolute Gasteiger partial charge is 0.256 e. The van der Waals surface area contributed by atoms with E-state index in [2.05, 4.69) is 37.2 Å². The molecule has 0 amide bonds. The number of nitrogens with zero attached hydrogens (tertiary/aromatic N) is 3. The minimum Gasteiger partial charge on any atom is -0.256 e. The third kappa shape index (κ3) is 1.91. The molecule has 4 heteroatoms. The number of benzene rings is 1. The molecule has 0 aliphatic carbocycles. The molecule has 0 saturated carbocycles. The summed E-state index contributed by atoms with van der Waals surface area (Å²) < 4.78 is 1.04. The van der Waals surface area contributed by atoms with E-state index in [0.717, 1.165) is 26.5 Å². The van der Waals surface area contributed by atoms with Crippen molar-refractivity contribution in [3.05, 3.63) is 53.4 Å². The maximum absolute atomic E-state index is 4.35. The molecular weight excluding hydrogens is 278 g/mol. The normalized spacial score (nSPS) is 10.6. The van der Waals surface area contributed by atoms with Gasteiger partial charge in [0.15, 0.2) is 0 Å². The van der Waals surface area contributed by atoms with E-state index < -0.39 is 0 Å². The van der Waals surface area contributed by atoms with E-state index >= 15 is 0 Å². The van der Waals surface area contributed by atoms with Crippen molar-refractivity contribution in [3.8, 4) is 11.1 Å². The standard InChI is InChI=1S/C13H8BrN3/c14-10-1-2-13-12(7-10)11(4-5-15-13)9-3-6-16-17-8-9/h1-8H. The summed E-state index contributed by atoms with van der Waals surface area (Å²) in [5.41, 5.74) is 3.14. The lowest BCUT2D eigenvalue weighted by atomic mass is 10.0. The lowest BCUT2D eigenvalue weighted by Crippen LogP contribution is -1.86. The van der Waals surface area contributed by atoms with Crippen molar-refractivity contribution < 1.29 is 0 Å². The van der Waals surface area contributed by atoms with Gasteiger partial charge in [-0.05, 0) is 35.9 Å². The Balaban J connectivity index is 2.33. The molecule has 0 aliphatic heterocycles. The van der Waals surface area contributed by atoms with Gasteiger partial charge in [-0.1, -0.05) is 15.9 Å². The smallest absolute Gasteiger partial charge is 0.0708 e. The SMILES string of the molecule is Brc1ccc2nccc(-c3ccnnc3)c2c1. The summed E-state index contributed by atoms with van der Waals surface area (Å²) in [7, 11) is 0. The van der Waals surface area contributed by atoms with Crippen LogP contribution in [0.3, 0.4) is 0 Å². The van der Waals surface area contributed by atoms with E-state index in [1.54, 1.807) is 12.4 Å². The van der Waals surface area contributed by atoms with Gasteiger partial charge in [-0.2, -0.15) is 10.2 Å². The molecule has 0 spiro atoms. The Morgan fingerprint density at radius 1 is 0.941 bits per heavy atom. The molecule has 0 unspecified atom stereocenters. The Hall–Kier alpha value is -1.81. The molecule has 0 atom stereocenters. The molecular formula is C13H8BrN3. The summed E-state index contributed by atoms with van der Waals surface area (Å²) in [6.07, 6.45) is 5.27. The molecule has 2 aromatic heterocycles. The lowest BCUT2D eigenvalue weighted by Gasteiger charge is -2.05. The third-order valence-electron chi connectivity index (χ3n) is 2.60. The van der Waals surface area contributed by atoms with Crippen molar-refractivity contribution >= 4 is 26.8 Å². The zero-order chi connectivity index (χ0) is 11.7. The quantitative estimate of drug-likeness (QED) is 0.687. The number of hydrogen-bond donors (Lipinski definition) is 0. The first-order chi connectivity index (χ1) is 8.34. The second kappa shape index (κ2) is 4.22. The summed E-state index contributed by atoms with van der Waals surface area (Å²) in [6.45, 7) is 0. The van der Waals surface area contributed by atoms with Crippen LogP contribution in [-0.2, 0) is 0 Å². The summed E-state index contributed by atoms with van der Waals surface area (Å²) in [5, 5.41) is 8.81. The Morgan fingerprint density at radius 2 is 1.88 bits per heavy atom. The average molecular weight is 286 g/mol. The van der Waals surface area contributed by atoms with Crippen molar-refractivity contribution in [3.63, 3.8) is 0 Å². The first-order valence-electron chi connectivity index (χ1n) is 5.16. The van der Waals surface area contributed by atoms with Gasteiger partial charge in [-0.15, -0.1) is 0 Å². The van der Waals surface area contributed by atoms with E-state index in [1.165, 1.54) is 0 Å². The van der Waals surface area contributed by atoms with Crippen molar-refractivity contribution in [2.45, 2.75) is 0 Å².